The highest BCUT2D eigenvalue weighted by molar-refractivity contribution is 5.77. The van der Waals surface area contributed by atoms with Crippen molar-refractivity contribution in [1.29, 1.82) is 0 Å². The van der Waals surface area contributed by atoms with Crippen LogP contribution in [0.3, 0.4) is 0 Å². The molecule has 0 aromatic carbocycles. The third-order valence-electron chi connectivity index (χ3n) is 1.90. The van der Waals surface area contributed by atoms with E-state index in [1.807, 2.05) is 0 Å². The summed E-state index contributed by atoms with van der Waals surface area (Å²) in [6, 6.07) is 0. The number of methoxy groups -OCH3 is 1. The Balaban J connectivity index is 3.11. The summed E-state index contributed by atoms with van der Waals surface area (Å²) in [4.78, 5) is 11.2. The first-order valence-corrected chi connectivity index (χ1v) is 5.85. The second-order valence-electron chi connectivity index (χ2n) is 3.49. The first-order chi connectivity index (χ1) is 7.81. The summed E-state index contributed by atoms with van der Waals surface area (Å²) in [7, 11) is 1.64. The van der Waals surface area contributed by atoms with E-state index in [2.05, 4.69) is 17.6 Å². The lowest BCUT2D eigenvalue weighted by molar-refractivity contribution is -0.120. The van der Waals surface area contributed by atoms with Crippen molar-refractivity contribution in [3.8, 4) is 0 Å². The predicted molar refractivity (Wildman–Crippen MR) is 63.5 cm³/mol. The van der Waals surface area contributed by atoms with Gasteiger partial charge >= 0.3 is 0 Å². The second-order valence-corrected chi connectivity index (χ2v) is 3.49. The maximum Gasteiger partial charge on any atom is 0.233 e. The maximum atomic E-state index is 11.2. The van der Waals surface area contributed by atoms with Crippen LogP contribution in [0.5, 0.6) is 0 Å². The van der Waals surface area contributed by atoms with Gasteiger partial charge in [0.1, 0.15) is 0 Å². The highest BCUT2D eigenvalue weighted by Gasteiger charge is 1.98. The van der Waals surface area contributed by atoms with Gasteiger partial charge in [-0.1, -0.05) is 6.92 Å². The van der Waals surface area contributed by atoms with Gasteiger partial charge in [-0.15, -0.1) is 0 Å². The van der Waals surface area contributed by atoms with E-state index in [1.165, 1.54) is 0 Å². The van der Waals surface area contributed by atoms with Crippen molar-refractivity contribution < 1.29 is 14.3 Å². The molecule has 0 bridgehead atoms. The van der Waals surface area contributed by atoms with Gasteiger partial charge in [0.05, 0.1) is 13.2 Å². The van der Waals surface area contributed by atoms with Crippen LogP contribution in [0.2, 0.25) is 0 Å². The molecule has 0 fully saturated rings. The molecule has 5 nitrogen and oxygen atoms in total. The van der Waals surface area contributed by atoms with Crippen LogP contribution >= 0.6 is 0 Å². The standard InChI is InChI=1S/C11H24N2O3/c1-3-7-16-8-4-5-13-11(14)10-12-6-9-15-2/h12H,3-10H2,1-2H3,(H,13,14). The Morgan fingerprint density at radius 2 is 2.00 bits per heavy atom. The molecule has 0 aromatic heterocycles. The molecular formula is C11H24N2O3. The van der Waals surface area contributed by atoms with Gasteiger partial charge in [0.2, 0.25) is 5.91 Å². The van der Waals surface area contributed by atoms with E-state index in [1.54, 1.807) is 7.11 Å². The molecule has 0 aliphatic heterocycles. The van der Waals surface area contributed by atoms with E-state index in [4.69, 9.17) is 9.47 Å². The van der Waals surface area contributed by atoms with Crippen LogP contribution in [0.4, 0.5) is 0 Å². The summed E-state index contributed by atoms with van der Waals surface area (Å²) in [5.41, 5.74) is 0. The summed E-state index contributed by atoms with van der Waals surface area (Å²) < 4.78 is 10.1. The van der Waals surface area contributed by atoms with E-state index < -0.39 is 0 Å². The Hall–Kier alpha value is -0.650. The molecule has 0 atom stereocenters. The zero-order chi connectivity index (χ0) is 12.1. The molecule has 0 aromatic rings. The molecule has 0 heterocycles. The fraction of sp³-hybridized carbons (Fsp3) is 0.909. The summed E-state index contributed by atoms with van der Waals surface area (Å²) >= 11 is 0. The van der Waals surface area contributed by atoms with Gasteiger partial charge in [0.15, 0.2) is 0 Å². The third-order valence-corrected chi connectivity index (χ3v) is 1.90. The fourth-order valence-corrected chi connectivity index (χ4v) is 1.09. The monoisotopic (exact) mass is 232 g/mol. The Morgan fingerprint density at radius 1 is 1.19 bits per heavy atom. The number of carbonyl (C=O) groups excluding carboxylic acids is 1. The molecule has 0 radical (unpaired) electrons. The van der Waals surface area contributed by atoms with Gasteiger partial charge in [0.25, 0.3) is 0 Å². The zero-order valence-corrected chi connectivity index (χ0v) is 10.4. The lowest BCUT2D eigenvalue weighted by Gasteiger charge is -2.06. The van der Waals surface area contributed by atoms with Crippen molar-refractivity contribution in [3.05, 3.63) is 0 Å². The number of carbonyl (C=O) groups is 1. The normalized spacial score (nSPS) is 10.4. The minimum absolute atomic E-state index is 0.0200. The SMILES string of the molecule is CCCOCCCNC(=O)CNCCOC. The molecule has 5 heteroatoms. The minimum atomic E-state index is 0.0200. The lowest BCUT2D eigenvalue weighted by Crippen LogP contribution is -2.35. The van der Waals surface area contributed by atoms with Crippen LogP contribution < -0.4 is 10.6 Å². The minimum Gasteiger partial charge on any atom is -0.383 e. The van der Waals surface area contributed by atoms with Crippen LogP contribution in [-0.4, -0.2) is 52.5 Å². The molecule has 16 heavy (non-hydrogen) atoms. The van der Waals surface area contributed by atoms with Gasteiger partial charge in [-0.3, -0.25) is 4.79 Å². The quantitative estimate of drug-likeness (QED) is 0.498. The molecule has 0 saturated heterocycles. The van der Waals surface area contributed by atoms with Crippen LogP contribution in [0, 0.1) is 0 Å². The average Bonchev–Trinajstić information content (AvgIpc) is 2.29. The first kappa shape index (κ1) is 15.3. The van der Waals surface area contributed by atoms with E-state index >= 15 is 0 Å². The summed E-state index contributed by atoms with van der Waals surface area (Å²) in [5, 5.41) is 5.79. The van der Waals surface area contributed by atoms with E-state index in [9.17, 15) is 4.79 Å². The molecule has 0 aliphatic carbocycles. The topological polar surface area (TPSA) is 59.6 Å². The van der Waals surface area contributed by atoms with Gasteiger partial charge < -0.3 is 20.1 Å². The molecule has 0 unspecified atom stereocenters. The number of rotatable bonds is 11. The number of hydrogen-bond acceptors (Lipinski definition) is 4. The van der Waals surface area contributed by atoms with Crippen molar-refractivity contribution in [1.82, 2.24) is 10.6 Å². The molecular weight excluding hydrogens is 208 g/mol. The van der Waals surface area contributed by atoms with Gasteiger partial charge in [-0.05, 0) is 12.8 Å². The molecule has 0 aliphatic rings. The van der Waals surface area contributed by atoms with E-state index in [0.29, 0.717) is 32.8 Å². The van der Waals surface area contributed by atoms with E-state index in [0.717, 1.165) is 19.4 Å². The van der Waals surface area contributed by atoms with Crippen molar-refractivity contribution in [2.45, 2.75) is 19.8 Å². The zero-order valence-electron chi connectivity index (χ0n) is 10.4. The predicted octanol–water partition coefficient (Wildman–Crippen LogP) is 0.155. The first-order valence-electron chi connectivity index (χ1n) is 5.85. The Bertz CT molecular complexity index is 165. The summed E-state index contributed by atoms with van der Waals surface area (Å²) in [5.74, 6) is 0.0200. The highest BCUT2D eigenvalue weighted by atomic mass is 16.5. The summed E-state index contributed by atoms with van der Waals surface area (Å²) in [6.45, 7) is 5.93. The molecule has 96 valence electrons. The highest BCUT2D eigenvalue weighted by Crippen LogP contribution is 1.83. The van der Waals surface area contributed by atoms with E-state index in [-0.39, 0.29) is 5.91 Å². The molecule has 2 N–H and O–H groups in total. The van der Waals surface area contributed by atoms with Gasteiger partial charge in [-0.25, -0.2) is 0 Å². The molecule has 1 amide bonds. The van der Waals surface area contributed by atoms with Crippen LogP contribution in [0.15, 0.2) is 0 Å². The van der Waals surface area contributed by atoms with Crippen molar-refractivity contribution >= 4 is 5.91 Å². The molecule has 0 rings (SSSR count). The van der Waals surface area contributed by atoms with Crippen LogP contribution in [0.1, 0.15) is 19.8 Å². The van der Waals surface area contributed by atoms with Crippen LogP contribution in [0.25, 0.3) is 0 Å². The average molecular weight is 232 g/mol. The fourth-order valence-electron chi connectivity index (χ4n) is 1.09. The number of ether oxygens (including phenoxy) is 2. The number of nitrogens with one attached hydrogen (secondary N) is 2. The van der Waals surface area contributed by atoms with Crippen LogP contribution in [-0.2, 0) is 14.3 Å². The van der Waals surface area contributed by atoms with Gasteiger partial charge in [0, 0.05) is 33.4 Å². The molecule has 0 spiro atoms. The summed E-state index contributed by atoms with van der Waals surface area (Å²) in [6.07, 6.45) is 1.90. The van der Waals surface area contributed by atoms with Crippen molar-refractivity contribution in [3.63, 3.8) is 0 Å². The Labute approximate surface area is 97.9 Å². The maximum absolute atomic E-state index is 11.2. The van der Waals surface area contributed by atoms with Crippen molar-refractivity contribution in [2.75, 3.05) is 46.6 Å². The van der Waals surface area contributed by atoms with Gasteiger partial charge in [-0.2, -0.15) is 0 Å². The van der Waals surface area contributed by atoms with Crippen molar-refractivity contribution in [2.24, 2.45) is 0 Å². The smallest absolute Gasteiger partial charge is 0.233 e. The Morgan fingerprint density at radius 3 is 2.69 bits per heavy atom. The lowest BCUT2D eigenvalue weighted by atomic mass is 10.4. The Kier molecular flexibility index (Phi) is 11.9. The third kappa shape index (κ3) is 11.4. The largest absolute Gasteiger partial charge is 0.383 e. The number of hydrogen-bond donors (Lipinski definition) is 2. The molecule has 0 saturated carbocycles. The second kappa shape index (κ2) is 12.4. The number of amides is 1.